The van der Waals surface area contributed by atoms with Gasteiger partial charge in [-0.3, -0.25) is 9.59 Å². The maximum atomic E-state index is 11.4. The summed E-state index contributed by atoms with van der Waals surface area (Å²) in [5.74, 6) is -0.546. The molecule has 0 aliphatic heterocycles. The molecule has 0 saturated carbocycles. The first-order valence-electron chi connectivity index (χ1n) is 5.33. The Labute approximate surface area is 95.9 Å². The maximum Gasteiger partial charge on any atom is 0.243 e. The highest BCUT2D eigenvalue weighted by Gasteiger charge is 2.11. The Morgan fingerprint density at radius 1 is 1.31 bits per heavy atom. The van der Waals surface area contributed by atoms with Gasteiger partial charge in [-0.15, -0.1) is 0 Å². The van der Waals surface area contributed by atoms with Crippen molar-refractivity contribution >= 4 is 11.8 Å². The lowest BCUT2D eigenvalue weighted by Crippen LogP contribution is -2.45. The summed E-state index contributed by atoms with van der Waals surface area (Å²) in [7, 11) is 0. The highest BCUT2D eigenvalue weighted by Crippen LogP contribution is 1.85. The van der Waals surface area contributed by atoms with E-state index in [9.17, 15) is 9.59 Å². The molecule has 0 aliphatic carbocycles. The molecule has 0 fully saturated rings. The molecule has 16 heavy (non-hydrogen) atoms. The lowest BCUT2D eigenvalue weighted by atomic mass is 10.3. The van der Waals surface area contributed by atoms with Crippen LogP contribution >= 0.6 is 0 Å². The molecule has 1 atom stereocenters. The molecular weight excluding hydrogens is 210 g/mol. The summed E-state index contributed by atoms with van der Waals surface area (Å²) in [4.78, 5) is 21.8. The number of hydrogen-bond donors (Lipinski definition) is 3. The van der Waals surface area contributed by atoms with Gasteiger partial charge in [0.2, 0.25) is 11.8 Å². The van der Waals surface area contributed by atoms with E-state index in [1.165, 1.54) is 0 Å². The molecule has 2 amide bonds. The van der Waals surface area contributed by atoms with Gasteiger partial charge >= 0.3 is 0 Å². The third kappa shape index (κ3) is 8.19. The van der Waals surface area contributed by atoms with Crippen molar-refractivity contribution in [3.05, 3.63) is 0 Å². The standard InChI is InChI=1S/C10H21N3O3/c1-7(2)13-10(15)8(3)12-4-5-16-6-9(11)14/h7-8,12H,4-6H2,1-3H3,(H2,11,14)(H,13,15). The molecule has 0 aromatic carbocycles. The Kier molecular flexibility index (Phi) is 7.49. The molecule has 0 rings (SSSR count). The number of carbonyl (C=O) groups excluding carboxylic acids is 2. The normalized spacial score (nSPS) is 12.5. The summed E-state index contributed by atoms with van der Waals surface area (Å²) >= 11 is 0. The van der Waals surface area contributed by atoms with Gasteiger partial charge in [-0.1, -0.05) is 0 Å². The van der Waals surface area contributed by atoms with Gasteiger partial charge in [0.05, 0.1) is 12.6 Å². The second-order valence-corrected chi connectivity index (χ2v) is 3.86. The number of amides is 2. The Morgan fingerprint density at radius 2 is 1.94 bits per heavy atom. The van der Waals surface area contributed by atoms with E-state index in [1.54, 1.807) is 6.92 Å². The zero-order valence-electron chi connectivity index (χ0n) is 10.1. The zero-order chi connectivity index (χ0) is 12.6. The minimum atomic E-state index is -0.495. The molecule has 6 nitrogen and oxygen atoms in total. The quantitative estimate of drug-likeness (QED) is 0.467. The average molecular weight is 231 g/mol. The first-order chi connectivity index (χ1) is 7.43. The van der Waals surface area contributed by atoms with Crippen LogP contribution < -0.4 is 16.4 Å². The van der Waals surface area contributed by atoms with Crippen LogP contribution in [0.4, 0.5) is 0 Å². The molecule has 0 radical (unpaired) electrons. The molecule has 1 unspecified atom stereocenters. The summed E-state index contributed by atoms with van der Waals surface area (Å²) in [6.07, 6.45) is 0. The highest BCUT2D eigenvalue weighted by atomic mass is 16.5. The van der Waals surface area contributed by atoms with Crippen molar-refractivity contribution in [2.45, 2.75) is 32.9 Å². The van der Waals surface area contributed by atoms with Crippen LogP contribution in [0, 0.1) is 0 Å². The van der Waals surface area contributed by atoms with Crippen LogP contribution in [0.3, 0.4) is 0 Å². The second kappa shape index (κ2) is 8.06. The van der Waals surface area contributed by atoms with E-state index in [-0.39, 0.29) is 24.6 Å². The van der Waals surface area contributed by atoms with E-state index in [0.29, 0.717) is 13.2 Å². The first kappa shape index (κ1) is 14.9. The monoisotopic (exact) mass is 231 g/mol. The molecule has 0 aromatic heterocycles. The maximum absolute atomic E-state index is 11.4. The topological polar surface area (TPSA) is 93.4 Å². The van der Waals surface area contributed by atoms with E-state index in [4.69, 9.17) is 10.5 Å². The Hall–Kier alpha value is -1.14. The molecule has 94 valence electrons. The van der Waals surface area contributed by atoms with Gasteiger partial charge in [-0.05, 0) is 20.8 Å². The van der Waals surface area contributed by atoms with Crippen LogP contribution in [-0.2, 0) is 14.3 Å². The van der Waals surface area contributed by atoms with Crippen molar-refractivity contribution in [1.82, 2.24) is 10.6 Å². The lowest BCUT2D eigenvalue weighted by molar-refractivity contribution is -0.124. The van der Waals surface area contributed by atoms with Gasteiger partial charge in [0, 0.05) is 12.6 Å². The molecule has 0 spiro atoms. The van der Waals surface area contributed by atoms with Crippen LogP contribution in [0.25, 0.3) is 0 Å². The minimum Gasteiger partial charge on any atom is -0.370 e. The van der Waals surface area contributed by atoms with Gasteiger partial charge in [0.1, 0.15) is 6.61 Å². The van der Waals surface area contributed by atoms with Crippen LogP contribution in [0.5, 0.6) is 0 Å². The number of ether oxygens (including phenoxy) is 1. The molecule has 4 N–H and O–H groups in total. The SMILES string of the molecule is CC(C)NC(=O)C(C)NCCOCC(N)=O. The average Bonchev–Trinajstić information content (AvgIpc) is 2.15. The fourth-order valence-corrected chi connectivity index (χ4v) is 1.02. The van der Waals surface area contributed by atoms with Crippen molar-refractivity contribution < 1.29 is 14.3 Å². The van der Waals surface area contributed by atoms with E-state index >= 15 is 0 Å². The van der Waals surface area contributed by atoms with Crippen LogP contribution in [0.1, 0.15) is 20.8 Å². The molecular formula is C10H21N3O3. The van der Waals surface area contributed by atoms with E-state index in [0.717, 1.165) is 0 Å². The predicted molar refractivity (Wildman–Crippen MR) is 60.8 cm³/mol. The smallest absolute Gasteiger partial charge is 0.243 e. The minimum absolute atomic E-state index is 0.0510. The van der Waals surface area contributed by atoms with Gasteiger partial charge in [0.25, 0.3) is 0 Å². The predicted octanol–water partition coefficient (Wildman–Crippen LogP) is -1.01. The number of hydrogen-bond acceptors (Lipinski definition) is 4. The fraction of sp³-hybridized carbons (Fsp3) is 0.800. The van der Waals surface area contributed by atoms with Crippen molar-refractivity contribution in [3.63, 3.8) is 0 Å². The Morgan fingerprint density at radius 3 is 2.44 bits per heavy atom. The largest absolute Gasteiger partial charge is 0.370 e. The Balaban J connectivity index is 3.53. The zero-order valence-corrected chi connectivity index (χ0v) is 10.1. The second-order valence-electron chi connectivity index (χ2n) is 3.86. The number of primary amides is 1. The van der Waals surface area contributed by atoms with Gasteiger partial charge < -0.3 is 21.1 Å². The number of nitrogens with two attached hydrogens (primary N) is 1. The molecule has 0 heterocycles. The Bertz CT molecular complexity index is 231. The molecule has 0 bridgehead atoms. The molecule has 6 heteroatoms. The van der Waals surface area contributed by atoms with Crippen LogP contribution in [0.2, 0.25) is 0 Å². The van der Waals surface area contributed by atoms with Crippen molar-refractivity contribution in [3.8, 4) is 0 Å². The summed E-state index contributed by atoms with van der Waals surface area (Å²) in [6.45, 7) is 6.34. The van der Waals surface area contributed by atoms with Crippen LogP contribution in [0.15, 0.2) is 0 Å². The fourth-order valence-electron chi connectivity index (χ4n) is 1.02. The third-order valence-electron chi connectivity index (χ3n) is 1.77. The van der Waals surface area contributed by atoms with Gasteiger partial charge in [-0.25, -0.2) is 0 Å². The van der Waals surface area contributed by atoms with Gasteiger partial charge in [-0.2, -0.15) is 0 Å². The third-order valence-corrected chi connectivity index (χ3v) is 1.77. The highest BCUT2D eigenvalue weighted by molar-refractivity contribution is 5.81. The van der Waals surface area contributed by atoms with Crippen LogP contribution in [-0.4, -0.2) is 43.7 Å². The molecule has 0 aromatic rings. The van der Waals surface area contributed by atoms with E-state index in [2.05, 4.69) is 10.6 Å². The first-order valence-corrected chi connectivity index (χ1v) is 5.33. The van der Waals surface area contributed by atoms with E-state index in [1.807, 2.05) is 13.8 Å². The number of carbonyl (C=O) groups is 2. The lowest BCUT2D eigenvalue weighted by Gasteiger charge is -2.15. The van der Waals surface area contributed by atoms with E-state index < -0.39 is 5.91 Å². The molecule has 0 saturated heterocycles. The number of rotatable bonds is 8. The molecule has 0 aliphatic rings. The summed E-state index contributed by atoms with van der Waals surface area (Å²) in [5, 5.41) is 5.76. The van der Waals surface area contributed by atoms with Crippen molar-refractivity contribution in [2.24, 2.45) is 5.73 Å². The van der Waals surface area contributed by atoms with Gasteiger partial charge in [0.15, 0.2) is 0 Å². The summed E-state index contributed by atoms with van der Waals surface area (Å²) < 4.78 is 4.94. The van der Waals surface area contributed by atoms with Crippen molar-refractivity contribution in [1.29, 1.82) is 0 Å². The number of nitrogens with one attached hydrogen (secondary N) is 2. The van der Waals surface area contributed by atoms with Crippen molar-refractivity contribution in [2.75, 3.05) is 19.8 Å². The summed E-state index contributed by atoms with van der Waals surface area (Å²) in [6, 6.07) is -0.151. The summed E-state index contributed by atoms with van der Waals surface area (Å²) in [5.41, 5.74) is 4.89.